The number of rotatable bonds is 6. The standard InChI is InChI=1S/C22H24N2O4S/c1-15-10-24(11-16(2)28-15)12-17-5-7-18(8-6-17)22(25)27-13-19-14-29-21(23-19)20-4-3-9-26-20/h3-9,14-16H,10-13H2,1-2H3. The molecule has 1 aliphatic heterocycles. The van der Waals surface area contributed by atoms with Crippen LogP contribution in [0.1, 0.15) is 35.5 Å². The molecule has 0 aliphatic carbocycles. The monoisotopic (exact) mass is 412 g/mol. The predicted molar refractivity (Wildman–Crippen MR) is 111 cm³/mol. The van der Waals surface area contributed by atoms with Crippen molar-refractivity contribution < 1.29 is 18.7 Å². The van der Waals surface area contributed by atoms with Gasteiger partial charge in [-0.15, -0.1) is 11.3 Å². The second-order valence-corrected chi connectivity index (χ2v) is 8.20. The van der Waals surface area contributed by atoms with Crippen LogP contribution < -0.4 is 0 Å². The maximum atomic E-state index is 12.3. The van der Waals surface area contributed by atoms with Crippen LogP contribution in [0.4, 0.5) is 0 Å². The van der Waals surface area contributed by atoms with Crippen molar-refractivity contribution in [2.45, 2.75) is 39.2 Å². The molecule has 152 valence electrons. The molecule has 3 heterocycles. The average molecular weight is 413 g/mol. The summed E-state index contributed by atoms with van der Waals surface area (Å²) in [6, 6.07) is 11.3. The maximum absolute atomic E-state index is 12.3. The highest BCUT2D eigenvalue weighted by Crippen LogP contribution is 2.24. The van der Waals surface area contributed by atoms with Crippen LogP contribution in [0.2, 0.25) is 0 Å². The molecule has 7 heteroatoms. The Labute approximate surface area is 174 Å². The van der Waals surface area contributed by atoms with Crippen LogP contribution in [0.15, 0.2) is 52.5 Å². The van der Waals surface area contributed by atoms with E-state index >= 15 is 0 Å². The number of ether oxygens (including phenoxy) is 2. The van der Waals surface area contributed by atoms with E-state index in [0.29, 0.717) is 17.0 Å². The number of aromatic nitrogens is 1. The van der Waals surface area contributed by atoms with Gasteiger partial charge in [0.2, 0.25) is 0 Å². The summed E-state index contributed by atoms with van der Waals surface area (Å²) in [6.45, 7) is 7.02. The van der Waals surface area contributed by atoms with E-state index in [-0.39, 0.29) is 24.8 Å². The summed E-state index contributed by atoms with van der Waals surface area (Å²) in [5, 5.41) is 2.65. The number of nitrogens with zero attached hydrogens (tertiary/aromatic N) is 2. The quantitative estimate of drug-likeness (QED) is 0.560. The Morgan fingerprint density at radius 1 is 1.21 bits per heavy atom. The topological polar surface area (TPSA) is 64.8 Å². The summed E-state index contributed by atoms with van der Waals surface area (Å²) >= 11 is 1.46. The van der Waals surface area contributed by atoms with Gasteiger partial charge in [-0.05, 0) is 43.7 Å². The summed E-state index contributed by atoms with van der Waals surface area (Å²) < 4.78 is 16.5. The Morgan fingerprint density at radius 3 is 2.66 bits per heavy atom. The van der Waals surface area contributed by atoms with E-state index in [4.69, 9.17) is 13.9 Å². The molecule has 4 rings (SSSR count). The third kappa shape index (κ3) is 5.12. The van der Waals surface area contributed by atoms with E-state index in [2.05, 4.69) is 23.7 Å². The predicted octanol–water partition coefficient (Wildman–Crippen LogP) is 4.37. The van der Waals surface area contributed by atoms with Crippen molar-refractivity contribution in [1.82, 2.24) is 9.88 Å². The normalized spacial score (nSPS) is 19.9. The highest BCUT2D eigenvalue weighted by Gasteiger charge is 2.22. The number of carbonyl (C=O) groups is 1. The molecule has 2 atom stereocenters. The number of furan rings is 1. The number of esters is 1. The molecule has 1 saturated heterocycles. The van der Waals surface area contributed by atoms with Gasteiger partial charge >= 0.3 is 5.97 Å². The highest BCUT2D eigenvalue weighted by molar-refractivity contribution is 7.13. The minimum Gasteiger partial charge on any atom is -0.462 e. The Kier molecular flexibility index (Phi) is 6.08. The lowest BCUT2D eigenvalue weighted by Crippen LogP contribution is -2.44. The molecule has 6 nitrogen and oxygen atoms in total. The van der Waals surface area contributed by atoms with Crippen molar-refractivity contribution in [2.75, 3.05) is 13.1 Å². The van der Waals surface area contributed by atoms with Crippen LogP contribution in [-0.2, 0) is 22.6 Å². The molecule has 0 bridgehead atoms. The molecule has 0 amide bonds. The molecule has 1 aromatic carbocycles. The Bertz CT molecular complexity index is 926. The van der Waals surface area contributed by atoms with Gasteiger partial charge in [0.25, 0.3) is 0 Å². The Hall–Kier alpha value is -2.48. The second-order valence-electron chi connectivity index (χ2n) is 7.35. The first-order valence-electron chi connectivity index (χ1n) is 9.69. The van der Waals surface area contributed by atoms with Crippen molar-refractivity contribution in [3.8, 4) is 10.8 Å². The number of hydrogen-bond acceptors (Lipinski definition) is 7. The first-order valence-corrected chi connectivity index (χ1v) is 10.6. The summed E-state index contributed by atoms with van der Waals surface area (Å²) in [4.78, 5) is 19.2. The fourth-order valence-electron chi connectivity index (χ4n) is 3.53. The summed E-state index contributed by atoms with van der Waals surface area (Å²) in [5.74, 6) is 0.366. The SMILES string of the molecule is CC1CN(Cc2ccc(C(=O)OCc3csc(-c4ccco4)n3)cc2)CC(C)O1. The van der Waals surface area contributed by atoms with Gasteiger partial charge in [-0.3, -0.25) is 4.90 Å². The van der Waals surface area contributed by atoms with Gasteiger partial charge in [0.15, 0.2) is 10.8 Å². The lowest BCUT2D eigenvalue weighted by Gasteiger charge is -2.35. The second kappa shape index (κ2) is 8.90. The van der Waals surface area contributed by atoms with E-state index in [1.165, 1.54) is 16.9 Å². The summed E-state index contributed by atoms with van der Waals surface area (Å²) in [5.41, 5.74) is 2.42. The van der Waals surface area contributed by atoms with Gasteiger partial charge in [0.05, 0.1) is 29.7 Å². The Morgan fingerprint density at radius 2 is 1.97 bits per heavy atom. The van der Waals surface area contributed by atoms with Gasteiger partial charge in [0, 0.05) is 25.0 Å². The molecule has 2 aromatic heterocycles. The fourth-order valence-corrected chi connectivity index (χ4v) is 4.30. The zero-order chi connectivity index (χ0) is 20.2. The first-order chi connectivity index (χ1) is 14.1. The van der Waals surface area contributed by atoms with Gasteiger partial charge in [-0.1, -0.05) is 12.1 Å². The molecule has 2 unspecified atom stereocenters. The largest absolute Gasteiger partial charge is 0.462 e. The highest BCUT2D eigenvalue weighted by atomic mass is 32.1. The Balaban J connectivity index is 1.30. The van der Waals surface area contributed by atoms with E-state index in [9.17, 15) is 4.79 Å². The molecule has 3 aromatic rings. The molecule has 1 aliphatic rings. The lowest BCUT2D eigenvalue weighted by atomic mass is 10.1. The number of thiazole rings is 1. The fraction of sp³-hybridized carbons (Fsp3) is 0.364. The number of morpholine rings is 1. The zero-order valence-corrected chi connectivity index (χ0v) is 17.4. The molecule has 0 saturated carbocycles. The molecular formula is C22H24N2O4S. The van der Waals surface area contributed by atoms with Crippen molar-refractivity contribution >= 4 is 17.3 Å². The maximum Gasteiger partial charge on any atom is 0.338 e. The van der Waals surface area contributed by atoms with Gasteiger partial charge in [0.1, 0.15) is 6.61 Å². The van der Waals surface area contributed by atoms with Gasteiger partial charge in [-0.2, -0.15) is 0 Å². The number of hydrogen-bond donors (Lipinski definition) is 0. The van der Waals surface area contributed by atoms with Crippen LogP contribution >= 0.6 is 11.3 Å². The molecule has 0 radical (unpaired) electrons. The molecular weight excluding hydrogens is 388 g/mol. The minimum atomic E-state index is -0.349. The van der Waals surface area contributed by atoms with E-state index in [1.807, 2.05) is 41.8 Å². The third-order valence-electron chi connectivity index (χ3n) is 4.73. The van der Waals surface area contributed by atoms with Crippen molar-refractivity contribution in [1.29, 1.82) is 0 Å². The van der Waals surface area contributed by atoms with Crippen LogP contribution in [0.25, 0.3) is 10.8 Å². The molecule has 0 spiro atoms. The minimum absolute atomic E-state index is 0.140. The van der Waals surface area contributed by atoms with Crippen molar-refractivity contribution in [3.63, 3.8) is 0 Å². The smallest absolute Gasteiger partial charge is 0.338 e. The number of carbonyl (C=O) groups excluding carboxylic acids is 1. The van der Waals surface area contributed by atoms with E-state index in [0.717, 1.165) is 24.6 Å². The summed E-state index contributed by atoms with van der Waals surface area (Å²) in [6.07, 6.45) is 2.10. The zero-order valence-electron chi connectivity index (χ0n) is 16.5. The van der Waals surface area contributed by atoms with Crippen molar-refractivity contribution in [2.24, 2.45) is 0 Å². The van der Waals surface area contributed by atoms with Crippen LogP contribution in [-0.4, -0.2) is 41.2 Å². The third-order valence-corrected chi connectivity index (χ3v) is 5.63. The van der Waals surface area contributed by atoms with Crippen LogP contribution in [0.5, 0.6) is 0 Å². The van der Waals surface area contributed by atoms with Gasteiger partial charge < -0.3 is 13.9 Å². The molecule has 29 heavy (non-hydrogen) atoms. The van der Waals surface area contributed by atoms with Gasteiger partial charge in [-0.25, -0.2) is 9.78 Å². The van der Waals surface area contributed by atoms with Crippen LogP contribution in [0.3, 0.4) is 0 Å². The molecule has 1 fully saturated rings. The van der Waals surface area contributed by atoms with Crippen LogP contribution in [0, 0.1) is 0 Å². The average Bonchev–Trinajstić information content (AvgIpc) is 3.37. The van der Waals surface area contributed by atoms with E-state index < -0.39 is 0 Å². The van der Waals surface area contributed by atoms with E-state index in [1.54, 1.807) is 6.26 Å². The number of benzene rings is 1. The van der Waals surface area contributed by atoms with Crippen molar-refractivity contribution in [3.05, 3.63) is 64.9 Å². The first kappa shape index (κ1) is 19.8. The molecule has 0 N–H and O–H groups in total. The summed E-state index contributed by atoms with van der Waals surface area (Å²) in [7, 11) is 0. The lowest BCUT2D eigenvalue weighted by molar-refractivity contribution is -0.0704.